The molecule has 0 aliphatic carbocycles. The summed E-state index contributed by atoms with van der Waals surface area (Å²) in [6.45, 7) is -0.202. The average Bonchev–Trinajstić information content (AvgIpc) is 2.37. The second-order valence-electron chi connectivity index (χ2n) is 4.01. The molecule has 3 nitrogen and oxygen atoms in total. The molecule has 0 aliphatic rings. The van der Waals surface area contributed by atoms with Gasteiger partial charge in [-0.3, -0.25) is 0 Å². The molecule has 0 radical (unpaired) electrons. The van der Waals surface area contributed by atoms with E-state index in [-0.39, 0.29) is 6.54 Å². The van der Waals surface area contributed by atoms with Crippen molar-refractivity contribution in [1.82, 2.24) is 4.98 Å². The lowest BCUT2D eigenvalue weighted by Gasteiger charge is -2.11. The molecule has 6 heteroatoms. The van der Waals surface area contributed by atoms with Gasteiger partial charge in [-0.2, -0.15) is 13.2 Å². The minimum atomic E-state index is -4.17. The molecule has 0 saturated carbocycles. The molecule has 0 amide bonds. The zero-order chi connectivity index (χ0) is 13.9. The molecule has 19 heavy (non-hydrogen) atoms. The fraction of sp³-hybridized carbons (Fsp3) is 0.308. The van der Waals surface area contributed by atoms with E-state index in [0.717, 1.165) is 10.8 Å². The predicted molar refractivity (Wildman–Crippen MR) is 67.5 cm³/mol. The molecule has 2 rings (SSSR count). The first-order valence-electron chi connectivity index (χ1n) is 5.73. The van der Waals surface area contributed by atoms with Gasteiger partial charge in [-0.05, 0) is 12.1 Å². The molecule has 0 aliphatic heterocycles. The topological polar surface area (TPSA) is 34.1 Å². The monoisotopic (exact) mass is 270 g/mol. The van der Waals surface area contributed by atoms with Gasteiger partial charge in [0, 0.05) is 23.5 Å². The first-order valence-corrected chi connectivity index (χ1v) is 5.73. The van der Waals surface area contributed by atoms with Gasteiger partial charge in [0.05, 0.1) is 13.5 Å². The van der Waals surface area contributed by atoms with Crippen molar-refractivity contribution in [2.24, 2.45) is 0 Å². The standard InChI is InChI=1S/C13H13F3N2O/c1-19-11-4-2-3-10-9(11)5-7-17-12(10)18-8-6-13(14,15)16/h2-5,7H,6,8H2,1H3,(H,17,18). The summed E-state index contributed by atoms with van der Waals surface area (Å²) in [7, 11) is 1.55. The highest BCUT2D eigenvalue weighted by molar-refractivity contribution is 5.95. The quantitative estimate of drug-likeness (QED) is 0.921. The Labute approximate surface area is 108 Å². The smallest absolute Gasteiger partial charge is 0.390 e. The van der Waals surface area contributed by atoms with Crippen LogP contribution in [-0.4, -0.2) is 24.8 Å². The first-order chi connectivity index (χ1) is 9.01. The van der Waals surface area contributed by atoms with Crippen LogP contribution < -0.4 is 10.1 Å². The SMILES string of the molecule is COc1cccc2c(NCCC(F)(F)F)nccc12. The van der Waals surface area contributed by atoms with Crippen LogP contribution in [0.1, 0.15) is 6.42 Å². The zero-order valence-electron chi connectivity index (χ0n) is 10.3. The highest BCUT2D eigenvalue weighted by atomic mass is 19.4. The molecule has 0 bridgehead atoms. The maximum Gasteiger partial charge on any atom is 0.390 e. The van der Waals surface area contributed by atoms with E-state index in [1.807, 2.05) is 0 Å². The third-order valence-electron chi connectivity index (χ3n) is 2.69. The van der Waals surface area contributed by atoms with Gasteiger partial charge in [-0.1, -0.05) is 12.1 Å². The van der Waals surface area contributed by atoms with Crippen molar-refractivity contribution in [3.63, 3.8) is 0 Å². The van der Waals surface area contributed by atoms with Crippen LogP contribution in [-0.2, 0) is 0 Å². The molecule has 0 saturated heterocycles. The molecule has 0 atom stereocenters. The first kappa shape index (κ1) is 13.5. The Balaban J connectivity index is 2.24. The van der Waals surface area contributed by atoms with Gasteiger partial charge >= 0.3 is 6.18 Å². The largest absolute Gasteiger partial charge is 0.496 e. The van der Waals surface area contributed by atoms with Gasteiger partial charge in [0.2, 0.25) is 0 Å². The van der Waals surface area contributed by atoms with Crippen LogP contribution in [0.3, 0.4) is 0 Å². The fourth-order valence-corrected chi connectivity index (χ4v) is 1.82. The summed E-state index contributed by atoms with van der Waals surface area (Å²) in [5.41, 5.74) is 0. The van der Waals surface area contributed by atoms with Gasteiger partial charge in [0.15, 0.2) is 0 Å². The lowest BCUT2D eigenvalue weighted by Crippen LogP contribution is -2.15. The molecule has 1 N–H and O–H groups in total. The number of hydrogen-bond donors (Lipinski definition) is 1. The van der Waals surface area contributed by atoms with Crippen molar-refractivity contribution in [2.75, 3.05) is 19.0 Å². The Morgan fingerprint density at radius 3 is 2.68 bits per heavy atom. The van der Waals surface area contributed by atoms with Crippen LogP contribution in [0.25, 0.3) is 10.8 Å². The van der Waals surface area contributed by atoms with E-state index in [4.69, 9.17) is 4.74 Å². The lowest BCUT2D eigenvalue weighted by molar-refractivity contribution is -0.131. The summed E-state index contributed by atoms with van der Waals surface area (Å²) < 4.78 is 41.5. The fourth-order valence-electron chi connectivity index (χ4n) is 1.82. The molecule has 1 heterocycles. The Bertz CT molecular complexity index is 569. The number of nitrogens with one attached hydrogen (secondary N) is 1. The van der Waals surface area contributed by atoms with Crippen LogP contribution in [0.15, 0.2) is 30.5 Å². The number of nitrogens with zero attached hydrogens (tertiary/aromatic N) is 1. The summed E-state index contributed by atoms with van der Waals surface area (Å²) in [6.07, 6.45) is -3.52. The molecule has 1 aromatic heterocycles. The highest BCUT2D eigenvalue weighted by Crippen LogP contribution is 2.29. The van der Waals surface area contributed by atoms with Crippen molar-refractivity contribution in [2.45, 2.75) is 12.6 Å². The second kappa shape index (κ2) is 5.34. The van der Waals surface area contributed by atoms with E-state index >= 15 is 0 Å². The van der Waals surface area contributed by atoms with E-state index < -0.39 is 12.6 Å². The van der Waals surface area contributed by atoms with Crippen molar-refractivity contribution < 1.29 is 17.9 Å². The maximum absolute atomic E-state index is 12.1. The summed E-state index contributed by atoms with van der Waals surface area (Å²) in [5.74, 6) is 1.10. The zero-order valence-corrected chi connectivity index (χ0v) is 10.3. The van der Waals surface area contributed by atoms with Gasteiger partial charge < -0.3 is 10.1 Å². The molecule has 0 fully saturated rings. The molecule has 102 valence electrons. The van der Waals surface area contributed by atoms with E-state index in [0.29, 0.717) is 11.6 Å². The molecular formula is C13H13F3N2O. The van der Waals surface area contributed by atoms with Crippen molar-refractivity contribution >= 4 is 16.6 Å². The van der Waals surface area contributed by atoms with Crippen LogP contribution >= 0.6 is 0 Å². The number of anilines is 1. The Morgan fingerprint density at radius 2 is 2.00 bits per heavy atom. The van der Waals surface area contributed by atoms with Gasteiger partial charge in [-0.15, -0.1) is 0 Å². The number of hydrogen-bond acceptors (Lipinski definition) is 3. The molecule has 2 aromatic rings. The van der Waals surface area contributed by atoms with Crippen LogP contribution in [0.4, 0.5) is 19.0 Å². The van der Waals surface area contributed by atoms with E-state index in [1.165, 1.54) is 0 Å². The van der Waals surface area contributed by atoms with Gasteiger partial charge in [0.25, 0.3) is 0 Å². The third-order valence-corrected chi connectivity index (χ3v) is 2.69. The van der Waals surface area contributed by atoms with Crippen LogP contribution in [0, 0.1) is 0 Å². The summed E-state index contributed by atoms with van der Waals surface area (Å²) in [6, 6.07) is 7.13. The number of pyridine rings is 1. The van der Waals surface area contributed by atoms with Crippen LogP contribution in [0.5, 0.6) is 5.75 Å². The maximum atomic E-state index is 12.1. The van der Waals surface area contributed by atoms with Gasteiger partial charge in [-0.25, -0.2) is 4.98 Å². The van der Waals surface area contributed by atoms with Gasteiger partial charge in [0.1, 0.15) is 11.6 Å². The lowest BCUT2D eigenvalue weighted by atomic mass is 10.1. The number of alkyl halides is 3. The normalized spacial score (nSPS) is 11.6. The van der Waals surface area contributed by atoms with Crippen molar-refractivity contribution in [3.8, 4) is 5.75 Å². The van der Waals surface area contributed by atoms with E-state index in [9.17, 15) is 13.2 Å². The summed E-state index contributed by atoms with van der Waals surface area (Å²) in [4.78, 5) is 4.07. The molecule has 1 aromatic carbocycles. The minimum absolute atomic E-state index is 0.202. The molecule has 0 unspecified atom stereocenters. The average molecular weight is 270 g/mol. The number of aromatic nitrogens is 1. The molecular weight excluding hydrogens is 257 g/mol. The highest BCUT2D eigenvalue weighted by Gasteiger charge is 2.26. The van der Waals surface area contributed by atoms with Crippen LogP contribution in [0.2, 0.25) is 0 Å². The Hall–Kier alpha value is -1.98. The van der Waals surface area contributed by atoms with E-state index in [2.05, 4.69) is 10.3 Å². The summed E-state index contributed by atoms with van der Waals surface area (Å²) >= 11 is 0. The number of methoxy groups -OCH3 is 1. The van der Waals surface area contributed by atoms with E-state index in [1.54, 1.807) is 37.6 Å². The number of halogens is 3. The summed E-state index contributed by atoms with van der Waals surface area (Å²) in [5, 5.41) is 4.26. The van der Waals surface area contributed by atoms with Crippen molar-refractivity contribution in [1.29, 1.82) is 0 Å². The Morgan fingerprint density at radius 1 is 1.21 bits per heavy atom. The second-order valence-corrected chi connectivity index (χ2v) is 4.01. The number of ether oxygens (including phenoxy) is 1. The van der Waals surface area contributed by atoms with Crippen molar-refractivity contribution in [3.05, 3.63) is 30.5 Å². The minimum Gasteiger partial charge on any atom is -0.496 e. The molecule has 0 spiro atoms. The third kappa shape index (κ3) is 3.27. The number of benzene rings is 1. The number of rotatable bonds is 4. The predicted octanol–water partition coefficient (Wildman–Crippen LogP) is 3.61. The Kier molecular flexibility index (Phi) is 3.78. The number of fused-ring (bicyclic) bond motifs is 1.